The Bertz CT molecular complexity index is 735. The number of rotatable bonds is 4. The highest BCUT2D eigenvalue weighted by Crippen LogP contribution is 2.68. The molecule has 4 nitrogen and oxygen atoms in total. The molecule has 122 valence electrons. The Morgan fingerprint density at radius 2 is 1.87 bits per heavy atom. The first-order chi connectivity index (χ1) is 10.8. The van der Waals surface area contributed by atoms with Crippen molar-refractivity contribution in [1.29, 1.82) is 0 Å². The van der Waals surface area contributed by atoms with Crippen molar-refractivity contribution < 1.29 is 9.53 Å². The quantitative estimate of drug-likeness (QED) is 0.901. The Kier molecular flexibility index (Phi) is 3.71. The molecular weight excluding hydrogens is 308 g/mol. The van der Waals surface area contributed by atoms with Crippen LogP contribution in [0, 0.1) is 16.7 Å². The van der Waals surface area contributed by atoms with E-state index in [1.54, 1.807) is 7.11 Å². The molecule has 0 atom stereocenters. The lowest BCUT2D eigenvalue weighted by atomic mass is 10.0. The zero-order valence-electron chi connectivity index (χ0n) is 14.1. The van der Waals surface area contributed by atoms with Gasteiger partial charge in [0.25, 0.3) is 0 Å². The number of carbonyl (C=O) groups excluding carboxylic acids is 1. The fourth-order valence-corrected chi connectivity index (χ4v) is 4.05. The molecular formula is C18H22N2O2S. The zero-order valence-corrected chi connectivity index (χ0v) is 15.0. The number of carbonyl (C=O) groups is 1. The van der Waals surface area contributed by atoms with E-state index in [2.05, 4.69) is 38.0 Å². The molecule has 1 fully saturated rings. The molecule has 1 amide bonds. The van der Waals surface area contributed by atoms with Crippen LogP contribution in [-0.2, 0) is 4.79 Å². The summed E-state index contributed by atoms with van der Waals surface area (Å²) < 4.78 is 5.37. The summed E-state index contributed by atoms with van der Waals surface area (Å²) in [6.07, 6.45) is 0. The summed E-state index contributed by atoms with van der Waals surface area (Å²) in [5.41, 5.74) is 1.80. The van der Waals surface area contributed by atoms with E-state index in [9.17, 15) is 4.79 Å². The highest BCUT2D eigenvalue weighted by atomic mass is 32.1. The molecule has 1 aromatic heterocycles. The maximum atomic E-state index is 12.5. The Labute approximate surface area is 140 Å². The minimum atomic E-state index is 0.0219. The van der Waals surface area contributed by atoms with Crippen molar-refractivity contribution >= 4 is 22.4 Å². The average Bonchev–Trinajstić information content (AvgIpc) is 2.82. The second-order valence-corrected chi connectivity index (χ2v) is 7.96. The molecule has 1 aromatic carbocycles. The van der Waals surface area contributed by atoms with E-state index in [1.807, 2.05) is 29.6 Å². The van der Waals surface area contributed by atoms with Crippen LogP contribution in [0.1, 0.15) is 27.7 Å². The predicted octanol–water partition coefficient (Wildman–Crippen LogP) is 4.44. The van der Waals surface area contributed by atoms with Crippen LogP contribution < -0.4 is 10.1 Å². The summed E-state index contributed by atoms with van der Waals surface area (Å²) in [5, 5.41) is 5.55. The Balaban J connectivity index is 1.77. The van der Waals surface area contributed by atoms with Crippen molar-refractivity contribution in [2.75, 3.05) is 12.4 Å². The molecule has 5 heteroatoms. The first-order valence-electron chi connectivity index (χ1n) is 7.69. The summed E-state index contributed by atoms with van der Waals surface area (Å²) in [4.78, 5) is 17.0. The molecule has 0 bridgehead atoms. The predicted molar refractivity (Wildman–Crippen MR) is 93.8 cm³/mol. The van der Waals surface area contributed by atoms with Gasteiger partial charge in [-0.05, 0) is 23.0 Å². The maximum Gasteiger partial charge on any atom is 0.230 e. The van der Waals surface area contributed by atoms with Crippen LogP contribution in [0.3, 0.4) is 0 Å². The van der Waals surface area contributed by atoms with Gasteiger partial charge in [0, 0.05) is 16.9 Å². The van der Waals surface area contributed by atoms with E-state index in [4.69, 9.17) is 4.74 Å². The number of amides is 1. The molecule has 1 heterocycles. The highest BCUT2D eigenvalue weighted by molar-refractivity contribution is 7.14. The molecule has 0 saturated heterocycles. The summed E-state index contributed by atoms with van der Waals surface area (Å²) in [7, 11) is 1.64. The van der Waals surface area contributed by atoms with Gasteiger partial charge in [0.05, 0.1) is 12.8 Å². The second kappa shape index (κ2) is 5.34. The molecule has 0 radical (unpaired) electrons. The van der Waals surface area contributed by atoms with Gasteiger partial charge in [-0.15, -0.1) is 11.3 Å². The first-order valence-corrected chi connectivity index (χ1v) is 8.57. The van der Waals surface area contributed by atoms with E-state index in [0.717, 1.165) is 17.0 Å². The van der Waals surface area contributed by atoms with Gasteiger partial charge in [0.15, 0.2) is 5.13 Å². The van der Waals surface area contributed by atoms with Gasteiger partial charge in [-0.1, -0.05) is 39.8 Å². The molecule has 0 spiro atoms. The van der Waals surface area contributed by atoms with E-state index < -0.39 is 0 Å². The van der Waals surface area contributed by atoms with Crippen molar-refractivity contribution in [3.8, 4) is 17.0 Å². The monoisotopic (exact) mass is 330 g/mol. The summed E-state index contributed by atoms with van der Waals surface area (Å²) >= 11 is 1.44. The van der Waals surface area contributed by atoms with Crippen molar-refractivity contribution in [2.45, 2.75) is 27.7 Å². The van der Waals surface area contributed by atoms with Gasteiger partial charge in [-0.25, -0.2) is 4.98 Å². The van der Waals surface area contributed by atoms with Gasteiger partial charge in [-0.2, -0.15) is 0 Å². The fourth-order valence-electron chi connectivity index (χ4n) is 3.34. The van der Waals surface area contributed by atoms with Gasteiger partial charge < -0.3 is 10.1 Å². The largest absolute Gasteiger partial charge is 0.496 e. The molecule has 1 aliphatic carbocycles. The molecule has 0 unspecified atom stereocenters. The van der Waals surface area contributed by atoms with Crippen molar-refractivity contribution in [2.24, 2.45) is 16.7 Å². The summed E-state index contributed by atoms with van der Waals surface area (Å²) in [5.74, 6) is 0.856. The Morgan fingerprint density at radius 1 is 1.22 bits per heavy atom. The third-order valence-corrected chi connectivity index (χ3v) is 6.16. The highest BCUT2D eigenvalue weighted by Gasteiger charge is 2.68. The average molecular weight is 330 g/mol. The Hall–Kier alpha value is -1.88. The van der Waals surface area contributed by atoms with Crippen LogP contribution in [0.4, 0.5) is 5.13 Å². The molecule has 3 rings (SSSR count). The number of benzene rings is 1. The fraction of sp³-hybridized carbons (Fsp3) is 0.444. The molecule has 1 aliphatic rings. The smallest absolute Gasteiger partial charge is 0.230 e. The zero-order chi connectivity index (χ0) is 16.8. The normalized spacial score (nSPS) is 18.5. The molecule has 0 aliphatic heterocycles. The third-order valence-electron chi connectivity index (χ3n) is 5.40. The van der Waals surface area contributed by atoms with Crippen LogP contribution >= 0.6 is 11.3 Å². The number of nitrogens with zero attached hydrogens (tertiary/aromatic N) is 1. The topological polar surface area (TPSA) is 51.2 Å². The standard InChI is InChI=1S/C18H22N2O2S/c1-17(2)14(18(17,3)4)15(21)20-16-19-12(10-23-16)11-8-6-7-9-13(11)22-5/h6-10,14H,1-5H3,(H,19,20,21). The molecule has 1 N–H and O–H groups in total. The van der Waals surface area contributed by atoms with E-state index in [-0.39, 0.29) is 22.7 Å². The SMILES string of the molecule is COc1ccccc1-c1csc(NC(=O)C2C(C)(C)C2(C)C)n1. The minimum Gasteiger partial charge on any atom is -0.496 e. The van der Waals surface area contributed by atoms with Crippen molar-refractivity contribution in [3.63, 3.8) is 0 Å². The maximum absolute atomic E-state index is 12.5. The number of thiazole rings is 1. The van der Waals surface area contributed by atoms with Crippen molar-refractivity contribution in [1.82, 2.24) is 4.98 Å². The Morgan fingerprint density at radius 3 is 2.48 bits per heavy atom. The van der Waals surface area contributed by atoms with Crippen LogP contribution in [0.25, 0.3) is 11.3 Å². The number of nitrogens with one attached hydrogen (secondary N) is 1. The molecule has 23 heavy (non-hydrogen) atoms. The van der Waals surface area contributed by atoms with Gasteiger partial charge >= 0.3 is 0 Å². The number of methoxy groups -OCH3 is 1. The first kappa shape index (κ1) is 16.0. The van der Waals surface area contributed by atoms with Crippen LogP contribution in [-0.4, -0.2) is 18.0 Å². The minimum absolute atomic E-state index is 0.0219. The van der Waals surface area contributed by atoms with Crippen molar-refractivity contribution in [3.05, 3.63) is 29.6 Å². The number of para-hydroxylation sites is 1. The van der Waals surface area contributed by atoms with Crippen LogP contribution in [0.2, 0.25) is 0 Å². The lowest BCUT2D eigenvalue weighted by Crippen LogP contribution is -2.17. The number of ether oxygens (including phenoxy) is 1. The van der Waals surface area contributed by atoms with E-state index in [0.29, 0.717) is 5.13 Å². The molecule has 2 aromatic rings. The van der Waals surface area contributed by atoms with Crippen LogP contribution in [0.15, 0.2) is 29.6 Å². The number of hydrogen-bond acceptors (Lipinski definition) is 4. The summed E-state index contributed by atoms with van der Waals surface area (Å²) in [6, 6.07) is 7.74. The van der Waals surface area contributed by atoms with Gasteiger partial charge in [-0.3, -0.25) is 4.79 Å². The van der Waals surface area contributed by atoms with E-state index in [1.165, 1.54) is 11.3 Å². The lowest BCUT2D eigenvalue weighted by Gasteiger charge is -2.05. The third kappa shape index (κ3) is 2.53. The number of anilines is 1. The number of hydrogen-bond donors (Lipinski definition) is 1. The summed E-state index contributed by atoms with van der Waals surface area (Å²) in [6.45, 7) is 8.55. The van der Waals surface area contributed by atoms with E-state index >= 15 is 0 Å². The van der Waals surface area contributed by atoms with Gasteiger partial charge in [0.1, 0.15) is 5.75 Å². The second-order valence-electron chi connectivity index (χ2n) is 7.10. The lowest BCUT2D eigenvalue weighted by molar-refractivity contribution is -0.118. The van der Waals surface area contributed by atoms with Gasteiger partial charge in [0.2, 0.25) is 5.91 Å². The number of aromatic nitrogens is 1. The van der Waals surface area contributed by atoms with Crippen LogP contribution in [0.5, 0.6) is 5.75 Å². The molecule has 1 saturated carbocycles.